The van der Waals surface area contributed by atoms with Crippen LogP contribution < -0.4 is 5.32 Å². The predicted octanol–water partition coefficient (Wildman–Crippen LogP) is 2.23. The lowest BCUT2D eigenvalue weighted by molar-refractivity contribution is -0.141. The largest absolute Gasteiger partial charge is 0.481 e. The van der Waals surface area contributed by atoms with E-state index in [1.54, 1.807) is 4.90 Å². The molecule has 1 aliphatic heterocycles. The molecule has 2 rings (SSSR count). The SMILES string of the molecule is CC(C)(C)OC(=O)N1CC(CC(=O)O)(NCCC2CCC2)C1. The van der Waals surface area contributed by atoms with Crippen molar-refractivity contribution >= 4 is 12.1 Å². The molecule has 6 heteroatoms. The molecule has 2 fully saturated rings. The van der Waals surface area contributed by atoms with Crippen molar-refractivity contribution in [2.45, 2.75) is 64.0 Å². The maximum atomic E-state index is 12.0. The number of ether oxygens (including phenoxy) is 1. The fraction of sp³-hybridized carbons (Fsp3) is 0.875. The zero-order valence-electron chi connectivity index (χ0n) is 13.9. The summed E-state index contributed by atoms with van der Waals surface area (Å²) in [6.45, 7) is 7.10. The monoisotopic (exact) mass is 312 g/mol. The van der Waals surface area contributed by atoms with Gasteiger partial charge in [-0.05, 0) is 39.7 Å². The Hall–Kier alpha value is -1.30. The minimum atomic E-state index is -0.833. The van der Waals surface area contributed by atoms with Crippen molar-refractivity contribution < 1.29 is 19.4 Å². The first kappa shape index (κ1) is 17.1. The maximum Gasteiger partial charge on any atom is 0.410 e. The minimum absolute atomic E-state index is 0.0387. The van der Waals surface area contributed by atoms with Crippen LogP contribution in [0.5, 0.6) is 0 Å². The van der Waals surface area contributed by atoms with Gasteiger partial charge in [0, 0.05) is 13.1 Å². The van der Waals surface area contributed by atoms with Gasteiger partial charge in [-0.1, -0.05) is 19.3 Å². The molecule has 1 amide bonds. The van der Waals surface area contributed by atoms with Gasteiger partial charge in [0.15, 0.2) is 0 Å². The van der Waals surface area contributed by atoms with Crippen molar-refractivity contribution in [1.29, 1.82) is 0 Å². The molecule has 126 valence electrons. The average molecular weight is 312 g/mol. The Bertz CT molecular complexity index is 420. The van der Waals surface area contributed by atoms with Crippen molar-refractivity contribution in [3.63, 3.8) is 0 Å². The summed E-state index contributed by atoms with van der Waals surface area (Å²) >= 11 is 0. The zero-order valence-corrected chi connectivity index (χ0v) is 13.9. The smallest absolute Gasteiger partial charge is 0.410 e. The van der Waals surface area contributed by atoms with E-state index in [0.717, 1.165) is 18.9 Å². The van der Waals surface area contributed by atoms with E-state index in [1.807, 2.05) is 20.8 Å². The summed E-state index contributed by atoms with van der Waals surface area (Å²) in [5.41, 5.74) is -1.02. The molecule has 2 aliphatic rings. The number of hydrogen-bond acceptors (Lipinski definition) is 4. The Morgan fingerprint density at radius 2 is 1.95 bits per heavy atom. The second-order valence-electron chi connectivity index (χ2n) is 7.70. The Kier molecular flexibility index (Phi) is 5.00. The quantitative estimate of drug-likeness (QED) is 0.786. The molecule has 2 N–H and O–H groups in total. The second-order valence-corrected chi connectivity index (χ2v) is 7.70. The molecule has 22 heavy (non-hydrogen) atoms. The Labute approximate surface area is 132 Å². The molecule has 0 radical (unpaired) electrons. The van der Waals surface area contributed by atoms with Crippen molar-refractivity contribution in [2.75, 3.05) is 19.6 Å². The van der Waals surface area contributed by atoms with Crippen molar-refractivity contribution in [3.8, 4) is 0 Å². The molecule has 0 atom stereocenters. The van der Waals surface area contributed by atoms with Crippen LogP contribution in [0.1, 0.15) is 52.9 Å². The summed E-state index contributed by atoms with van der Waals surface area (Å²) in [5.74, 6) is -0.0450. The van der Waals surface area contributed by atoms with Gasteiger partial charge in [-0.2, -0.15) is 0 Å². The second kappa shape index (κ2) is 6.44. The molecular weight excluding hydrogens is 284 g/mol. The van der Waals surface area contributed by atoms with Crippen molar-refractivity contribution in [2.24, 2.45) is 5.92 Å². The minimum Gasteiger partial charge on any atom is -0.481 e. The van der Waals surface area contributed by atoms with Crippen LogP contribution in [-0.4, -0.2) is 52.8 Å². The van der Waals surface area contributed by atoms with Crippen LogP contribution in [-0.2, 0) is 9.53 Å². The van der Waals surface area contributed by atoms with Crippen molar-refractivity contribution in [1.82, 2.24) is 10.2 Å². The van der Waals surface area contributed by atoms with E-state index < -0.39 is 17.1 Å². The normalized spacial score (nSPS) is 21.0. The third kappa shape index (κ3) is 4.60. The van der Waals surface area contributed by atoms with Crippen LogP contribution in [0, 0.1) is 5.92 Å². The van der Waals surface area contributed by atoms with Crippen LogP contribution >= 0.6 is 0 Å². The van der Waals surface area contributed by atoms with Gasteiger partial charge in [0.2, 0.25) is 0 Å². The van der Waals surface area contributed by atoms with E-state index in [4.69, 9.17) is 9.84 Å². The summed E-state index contributed by atoms with van der Waals surface area (Å²) < 4.78 is 5.32. The molecule has 1 saturated heterocycles. The molecule has 0 aromatic rings. The Morgan fingerprint density at radius 1 is 1.32 bits per heavy atom. The predicted molar refractivity (Wildman–Crippen MR) is 82.8 cm³/mol. The van der Waals surface area contributed by atoms with E-state index in [-0.39, 0.29) is 12.5 Å². The highest BCUT2D eigenvalue weighted by molar-refractivity contribution is 5.73. The van der Waals surface area contributed by atoms with Crippen LogP contribution in [0.2, 0.25) is 0 Å². The number of carboxylic acids is 1. The topological polar surface area (TPSA) is 78.9 Å². The molecule has 1 saturated carbocycles. The zero-order chi connectivity index (χ0) is 16.4. The molecule has 6 nitrogen and oxygen atoms in total. The summed E-state index contributed by atoms with van der Waals surface area (Å²) in [6, 6.07) is 0. The van der Waals surface area contributed by atoms with Gasteiger partial charge < -0.3 is 20.1 Å². The molecule has 0 aromatic carbocycles. The van der Waals surface area contributed by atoms with Gasteiger partial charge in [-0.15, -0.1) is 0 Å². The van der Waals surface area contributed by atoms with Gasteiger partial charge in [0.05, 0.1) is 12.0 Å². The Balaban J connectivity index is 1.81. The number of carboxylic acid groups (broad SMARTS) is 1. The van der Waals surface area contributed by atoms with Gasteiger partial charge in [-0.25, -0.2) is 4.79 Å². The first-order valence-electron chi connectivity index (χ1n) is 8.14. The third-order valence-corrected chi connectivity index (χ3v) is 4.41. The van der Waals surface area contributed by atoms with E-state index in [0.29, 0.717) is 13.1 Å². The molecular formula is C16H28N2O4. The standard InChI is InChI=1S/C16H28N2O4/c1-15(2,3)22-14(21)18-10-16(11-18,9-13(19)20)17-8-7-12-5-4-6-12/h12,17H,4-11H2,1-3H3,(H,19,20). The Morgan fingerprint density at radius 3 is 2.41 bits per heavy atom. The van der Waals surface area contributed by atoms with E-state index >= 15 is 0 Å². The van der Waals surface area contributed by atoms with Crippen LogP contribution in [0.3, 0.4) is 0 Å². The summed E-state index contributed by atoms with van der Waals surface area (Å²) in [4.78, 5) is 24.7. The van der Waals surface area contributed by atoms with Crippen LogP contribution in [0.15, 0.2) is 0 Å². The summed E-state index contributed by atoms with van der Waals surface area (Å²) in [5, 5.41) is 12.5. The van der Waals surface area contributed by atoms with Crippen LogP contribution in [0.4, 0.5) is 4.79 Å². The fourth-order valence-corrected chi connectivity index (χ4v) is 3.04. The number of carbonyl (C=O) groups is 2. The highest BCUT2D eigenvalue weighted by Crippen LogP contribution is 2.30. The first-order chi connectivity index (χ1) is 10.2. The van der Waals surface area contributed by atoms with Gasteiger partial charge in [-0.3, -0.25) is 4.79 Å². The number of nitrogens with zero attached hydrogens (tertiary/aromatic N) is 1. The highest BCUT2D eigenvalue weighted by atomic mass is 16.6. The number of nitrogens with one attached hydrogen (secondary N) is 1. The lowest BCUT2D eigenvalue weighted by Gasteiger charge is -2.50. The van der Waals surface area contributed by atoms with Gasteiger partial charge in [0.1, 0.15) is 5.60 Å². The highest BCUT2D eigenvalue weighted by Gasteiger charge is 2.47. The average Bonchev–Trinajstić information content (AvgIpc) is 2.24. The number of amides is 1. The molecule has 1 aliphatic carbocycles. The van der Waals surface area contributed by atoms with E-state index in [9.17, 15) is 9.59 Å². The number of rotatable bonds is 6. The van der Waals surface area contributed by atoms with E-state index in [1.165, 1.54) is 19.3 Å². The van der Waals surface area contributed by atoms with E-state index in [2.05, 4.69) is 5.32 Å². The molecule has 1 heterocycles. The third-order valence-electron chi connectivity index (χ3n) is 4.41. The maximum absolute atomic E-state index is 12.0. The van der Waals surface area contributed by atoms with Crippen LogP contribution in [0.25, 0.3) is 0 Å². The van der Waals surface area contributed by atoms with Crippen molar-refractivity contribution in [3.05, 3.63) is 0 Å². The summed E-state index contributed by atoms with van der Waals surface area (Å²) in [7, 11) is 0. The molecule has 0 aromatic heterocycles. The summed E-state index contributed by atoms with van der Waals surface area (Å²) in [6.07, 6.45) is 4.66. The number of hydrogen-bond donors (Lipinski definition) is 2. The number of likely N-dealkylation sites (tertiary alicyclic amines) is 1. The molecule has 0 bridgehead atoms. The lowest BCUT2D eigenvalue weighted by Crippen LogP contribution is -2.71. The fourth-order valence-electron chi connectivity index (χ4n) is 3.04. The number of carbonyl (C=O) groups excluding carboxylic acids is 1. The van der Waals surface area contributed by atoms with Gasteiger partial charge in [0.25, 0.3) is 0 Å². The molecule has 0 spiro atoms. The first-order valence-corrected chi connectivity index (χ1v) is 8.14. The van der Waals surface area contributed by atoms with Gasteiger partial charge >= 0.3 is 12.1 Å². The number of aliphatic carboxylic acids is 1. The lowest BCUT2D eigenvalue weighted by atomic mass is 9.82. The molecule has 0 unspecified atom stereocenters.